The third-order valence-electron chi connectivity index (χ3n) is 7.79. The summed E-state index contributed by atoms with van der Waals surface area (Å²) >= 11 is 0. The van der Waals surface area contributed by atoms with Crippen molar-refractivity contribution in [2.75, 3.05) is 24.9 Å². The molecule has 0 unspecified atom stereocenters. The van der Waals surface area contributed by atoms with Crippen LogP contribution in [0.1, 0.15) is 33.7 Å². The number of benzene rings is 5. The van der Waals surface area contributed by atoms with Crippen molar-refractivity contribution in [2.24, 2.45) is 0 Å². The van der Waals surface area contributed by atoms with E-state index in [-0.39, 0.29) is 35.1 Å². The maximum absolute atomic E-state index is 12.7. The van der Waals surface area contributed by atoms with Crippen LogP contribution in [0.15, 0.2) is 113 Å². The molecule has 0 heterocycles. The summed E-state index contributed by atoms with van der Waals surface area (Å²) in [5.74, 6) is -0.345. The summed E-state index contributed by atoms with van der Waals surface area (Å²) < 4.78 is 85.1. The summed E-state index contributed by atoms with van der Waals surface area (Å²) in [6.45, 7) is 3.93. The summed E-state index contributed by atoms with van der Waals surface area (Å²) in [5.41, 5.74) is 5.93. The third kappa shape index (κ3) is 8.21. The maximum Gasteiger partial charge on any atom is 1.00 e. The number of aryl methyl sites for hydroxylation is 2. The third-order valence-corrected chi connectivity index (χ3v) is 9.51. The van der Waals surface area contributed by atoms with Gasteiger partial charge in [0.25, 0.3) is 0 Å². The van der Waals surface area contributed by atoms with Gasteiger partial charge in [0.15, 0.2) is 0 Å². The Balaban J connectivity index is 0.00000520. The molecule has 5 aromatic rings. The first kappa shape index (κ1) is 36.9. The molecule has 0 aromatic heterocycles. The van der Waals surface area contributed by atoms with Crippen LogP contribution >= 0.6 is 0 Å². The summed E-state index contributed by atoms with van der Waals surface area (Å²) in [5, 5.41) is 6.70. The largest absolute Gasteiger partial charge is 1.00 e. The van der Waals surface area contributed by atoms with Gasteiger partial charge in [-0.1, -0.05) is 54.6 Å². The van der Waals surface area contributed by atoms with Gasteiger partial charge >= 0.3 is 29.6 Å². The molecule has 0 amide bonds. The van der Waals surface area contributed by atoms with E-state index in [1.807, 2.05) is 62.4 Å². The molecule has 5 rings (SSSR count). The molecule has 0 spiro atoms. The smallest absolute Gasteiger partial charge is 0.744 e. The van der Waals surface area contributed by atoms with Crippen LogP contribution in [0.2, 0.25) is 0 Å². The Morgan fingerprint density at radius 1 is 0.583 bits per heavy atom. The molecule has 0 bridgehead atoms. The predicted molar refractivity (Wildman–Crippen MR) is 178 cm³/mol. The fourth-order valence-electron chi connectivity index (χ4n) is 5.42. The Kier molecular flexibility index (Phi) is 11.6. The number of hydrogen-bond donors (Lipinski definition) is 2. The second kappa shape index (κ2) is 15.1. The zero-order valence-electron chi connectivity index (χ0n) is 27.0. The van der Waals surface area contributed by atoms with Crippen LogP contribution < -0.4 is 49.7 Å². The summed E-state index contributed by atoms with van der Waals surface area (Å²) in [4.78, 5) is -1.70. The minimum Gasteiger partial charge on any atom is -0.744 e. The SMILES string of the molecule is COc1cc(Nc2ccccc2C)ccc1C(c1ccc(Nc2ccccc2C)cc1OC)c1ccc(S(=O)(=O)[O-])cc1S(=O)(=O)[O-].[Na+]. The normalized spacial score (nSPS) is 11.5. The van der Waals surface area contributed by atoms with E-state index in [0.29, 0.717) is 40.1 Å². The first-order chi connectivity index (χ1) is 22.3. The molecule has 0 aliphatic heterocycles. The van der Waals surface area contributed by atoms with E-state index in [9.17, 15) is 25.9 Å². The number of nitrogens with one attached hydrogen (secondary N) is 2. The van der Waals surface area contributed by atoms with Crippen molar-refractivity contribution in [3.8, 4) is 11.5 Å². The van der Waals surface area contributed by atoms with Gasteiger partial charge in [0.2, 0.25) is 0 Å². The molecule has 48 heavy (non-hydrogen) atoms. The van der Waals surface area contributed by atoms with Crippen molar-refractivity contribution in [3.05, 3.63) is 131 Å². The van der Waals surface area contributed by atoms with Crippen LogP contribution in [-0.2, 0) is 20.2 Å². The number of anilines is 4. The molecule has 0 radical (unpaired) electrons. The fraction of sp³-hybridized carbons (Fsp3) is 0.143. The van der Waals surface area contributed by atoms with Gasteiger partial charge in [0.05, 0.1) is 24.0 Å². The predicted octanol–water partition coefficient (Wildman–Crippen LogP) is 3.80. The quantitative estimate of drug-likeness (QED) is 0.118. The van der Waals surface area contributed by atoms with Crippen LogP contribution in [-0.4, -0.2) is 40.2 Å². The molecular formula is C35H32N2NaO8S2-. The van der Waals surface area contributed by atoms with Crippen molar-refractivity contribution in [1.29, 1.82) is 0 Å². The molecule has 2 N–H and O–H groups in total. The molecule has 10 nitrogen and oxygen atoms in total. The van der Waals surface area contributed by atoms with Crippen LogP contribution in [0, 0.1) is 13.8 Å². The Labute approximate surface area is 302 Å². The van der Waals surface area contributed by atoms with Crippen molar-refractivity contribution >= 4 is 43.0 Å². The van der Waals surface area contributed by atoms with Crippen LogP contribution in [0.4, 0.5) is 22.7 Å². The molecule has 0 atom stereocenters. The summed E-state index contributed by atoms with van der Waals surface area (Å²) in [6, 6.07) is 28.7. The van der Waals surface area contributed by atoms with Gasteiger partial charge in [-0.25, -0.2) is 16.8 Å². The van der Waals surface area contributed by atoms with Crippen molar-refractivity contribution in [2.45, 2.75) is 29.6 Å². The number of rotatable bonds is 11. The average Bonchev–Trinajstić information content (AvgIpc) is 3.03. The summed E-state index contributed by atoms with van der Waals surface area (Å²) in [7, 11) is -7.45. The Hall–Kier alpha value is -3.88. The Bertz CT molecular complexity index is 2070. The van der Waals surface area contributed by atoms with E-state index in [2.05, 4.69) is 10.6 Å². The molecule has 0 aliphatic carbocycles. The van der Waals surface area contributed by atoms with Crippen molar-refractivity contribution in [3.63, 3.8) is 0 Å². The van der Waals surface area contributed by atoms with E-state index in [4.69, 9.17) is 9.47 Å². The first-order valence-corrected chi connectivity index (χ1v) is 17.2. The standard InChI is InChI=1S/C35H34N2O8S2.Na/c1-22-9-5-7-11-30(22)36-24-13-16-27(32(19-24)44-3)35(29-18-15-26(46(38,39)40)21-34(29)47(41,42)43)28-17-14-25(20-33(28)45-4)37-31-12-8-6-10-23(31)2;/h5-21,35-37H,1-4H3,(H,38,39,40)(H,41,42,43);/q;+1/p-2. The zero-order chi connectivity index (χ0) is 33.9. The second-order valence-corrected chi connectivity index (χ2v) is 13.6. The molecule has 0 saturated heterocycles. The van der Waals surface area contributed by atoms with Crippen LogP contribution in [0.5, 0.6) is 11.5 Å². The van der Waals surface area contributed by atoms with Crippen molar-refractivity contribution < 1.29 is 65.0 Å². The zero-order valence-corrected chi connectivity index (χ0v) is 30.6. The van der Waals surface area contributed by atoms with Gasteiger partial charge < -0.3 is 29.2 Å². The monoisotopic (exact) mass is 695 g/mol. The Morgan fingerprint density at radius 2 is 1.02 bits per heavy atom. The number of ether oxygens (including phenoxy) is 2. The van der Waals surface area contributed by atoms with Crippen LogP contribution in [0.3, 0.4) is 0 Å². The fourth-order valence-corrected chi connectivity index (χ4v) is 6.74. The van der Waals surface area contributed by atoms with E-state index >= 15 is 0 Å². The topological polar surface area (TPSA) is 157 Å². The minimum absolute atomic E-state index is 0. The molecular weight excluding hydrogens is 664 g/mol. The first-order valence-electron chi connectivity index (χ1n) is 14.4. The van der Waals surface area contributed by atoms with Gasteiger partial charge in [0.1, 0.15) is 31.7 Å². The maximum atomic E-state index is 12.7. The van der Waals surface area contributed by atoms with Crippen molar-refractivity contribution in [1.82, 2.24) is 0 Å². The van der Waals surface area contributed by atoms with Crippen LogP contribution in [0.25, 0.3) is 0 Å². The second-order valence-electron chi connectivity index (χ2n) is 10.8. The number of methoxy groups -OCH3 is 2. The molecule has 5 aromatic carbocycles. The van der Waals surface area contributed by atoms with Gasteiger partial charge in [-0.15, -0.1) is 0 Å². The molecule has 0 saturated carbocycles. The number of hydrogen-bond acceptors (Lipinski definition) is 10. The van der Waals surface area contributed by atoms with Gasteiger partial charge in [-0.3, -0.25) is 0 Å². The number of para-hydroxylation sites is 2. The van der Waals surface area contributed by atoms with Gasteiger partial charge in [-0.05, 0) is 66.9 Å². The molecule has 13 heteroatoms. The molecule has 0 fully saturated rings. The molecule has 0 aliphatic rings. The molecule has 244 valence electrons. The van der Waals surface area contributed by atoms with Gasteiger partial charge in [-0.2, -0.15) is 0 Å². The van der Waals surface area contributed by atoms with Gasteiger partial charge in [0, 0.05) is 51.9 Å². The van der Waals surface area contributed by atoms with E-state index in [1.165, 1.54) is 14.2 Å². The Morgan fingerprint density at radius 3 is 1.42 bits per heavy atom. The van der Waals surface area contributed by atoms with E-state index < -0.39 is 35.9 Å². The minimum atomic E-state index is -5.28. The average molecular weight is 696 g/mol. The van der Waals surface area contributed by atoms with E-state index in [1.54, 1.807) is 36.4 Å². The van der Waals surface area contributed by atoms with E-state index in [0.717, 1.165) is 34.6 Å². The summed E-state index contributed by atoms with van der Waals surface area (Å²) in [6.07, 6.45) is 0.